The topological polar surface area (TPSA) is 73.9 Å². The van der Waals surface area contributed by atoms with Crippen LogP contribution in [-0.2, 0) is 23.8 Å². The molecule has 0 bridgehead atoms. The summed E-state index contributed by atoms with van der Waals surface area (Å²) in [6.45, 7) is 10.3. The zero-order valence-electron chi connectivity index (χ0n) is 13.7. The molecule has 6 heteroatoms. The van der Waals surface area contributed by atoms with Gasteiger partial charge in [0, 0.05) is 18.4 Å². The Labute approximate surface area is 127 Å². The van der Waals surface area contributed by atoms with Crippen molar-refractivity contribution in [1.82, 2.24) is 5.32 Å². The molecule has 0 atom stereocenters. The first-order valence-corrected chi connectivity index (χ1v) is 7.41. The molecule has 1 N–H and O–H groups in total. The minimum absolute atomic E-state index is 0.0248. The lowest BCUT2D eigenvalue weighted by atomic mass is 9.91. The second kappa shape index (κ2) is 11.7. The van der Waals surface area contributed by atoms with Crippen molar-refractivity contribution in [1.29, 1.82) is 0 Å². The molecule has 0 heterocycles. The molecule has 6 nitrogen and oxygen atoms in total. The molecular weight excluding hydrogens is 274 g/mol. The second-order valence-electron chi connectivity index (χ2n) is 5.65. The number of ketones is 1. The Balaban J connectivity index is 3.23. The van der Waals surface area contributed by atoms with Gasteiger partial charge in [-0.05, 0) is 0 Å². The minimum Gasteiger partial charge on any atom is -0.377 e. The van der Waals surface area contributed by atoms with Crippen molar-refractivity contribution in [3.05, 3.63) is 0 Å². The average Bonchev–Trinajstić information content (AvgIpc) is 2.43. The number of carbonyl (C=O) groups is 2. The van der Waals surface area contributed by atoms with E-state index in [0.717, 1.165) is 0 Å². The van der Waals surface area contributed by atoms with Crippen molar-refractivity contribution >= 4 is 11.7 Å². The van der Waals surface area contributed by atoms with Crippen LogP contribution in [-0.4, -0.2) is 57.9 Å². The van der Waals surface area contributed by atoms with Crippen molar-refractivity contribution in [3.8, 4) is 0 Å². The van der Waals surface area contributed by atoms with E-state index in [2.05, 4.69) is 5.32 Å². The van der Waals surface area contributed by atoms with E-state index in [0.29, 0.717) is 46.0 Å². The molecule has 0 aliphatic rings. The van der Waals surface area contributed by atoms with Crippen LogP contribution in [0.4, 0.5) is 0 Å². The minimum atomic E-state index is -0.359. The number of nitrogens with one attached hydrogen (secondary N) is 1. The lowest BCUT2D eigenvalue weighted by molar-refractivity contribution is -0.131. The van der Waals surface area contributed by atoms with E-state index in [9.17, 15) is 9.59 Å². The Morgan fingerprint density at radius 3 is 1.95 bits per heavy atom. The molecule has 21 heavy (non-hydrogen) atoms. The van der Waals surface area contributed by atoms with Crippen LogP contribution in [0, 0.1) is 5.41 Å². The molecular formula is C15H29NO5. The summed E-state index contributed by atoms with van der Waals surface area (Å²) in [7, 11) is 0. The highest BCUT2D eigenvalue weighted by molar-refractivity contribution is 5.84. The van der Waals surface area contributed by atoms with Gasteiger partial charge in [0.05, 0.1) is 33.0 Å². The molecule has 0 saturated heterocycles. The maximum absolute atomic E-state index is 11.6. The standard InChI is InChI=1S/C15H29NO5/c1-5-14(18)16-6-7-19-8-9-20-10-11-21-12-13(17)15(2,3)4/h5-12H2,1-4H3,(H,16,18). The third-order valence-corrected chi connectivity index (χ3v) is 2.70. The average molecular weight is 303 g/mol. The van der Waals surface area contributed by atoms with Gasteiger partial charge in [0.15, 0.2) is 5.78 Å². The van der Waals surface area contributed by atoms with Crippen LogP contribution < -0.4 is 5.32 Å². The van der Waals surface area contributed by atoms with Crippen LogP contribution in [0.3, 0.4) is 0 Å². The van der Waals surface area contributed by atoms with Gasteiger partial charge in [-0.25, -0.2) is 0 Å². The fourth-order valence-corrected chi connectivity index (χ4v) is 1.21. The summed E-state index contributed by atoms with van der Waals surface area (Å²) in [5.41, 5.74) is -0.359. The van der Waals surface area contributed by atoms with E-state index >= 15 is 0 Å². The lowest BCUT2D eigenvalue weighted by Gasteiger charge is -2.16. The highest BCUT2D eigenvalue weighted by Gasteiger charge is 2.20. The molecule has 0 aromatic heterocycles. The number of amides is 1. The smallest absolute Gasteiger partial charge is 0.219 e. The van der Waals surface area contributed by atoms with Gasteiger partial charge < -0.3 is 19.5 Å². The van der Waals surface area contributed by atoms with E-state index in [4.69, 9.17) is 14.2 Å². The summed E-state index contributed by atoms with van der Waals surface area (Å²) in [5, 5.41) is 2.72. The number of hydrogen-bond donors (Lipinski definition) is 1. The monoisotopic (exact) mass is 303 g/mol. The summed E-state index contributed by atoms with van der Waals surface area (Å²) in [6, 6.07) is 0. The fraction of sp³-hybridized carbons (Fsp3) is 0.867. The Bertz CT molecular complexity index is 299. The summed E-state index contributed by atoms with van der Waals surface area (Å²) < 4.78 is 15.8. The van der Waals surface area contributed by atoms with Crippen molar-refractivity contribution in [2.75, 3.05) is 46.2 Å². The number of Topliss-reactive ketones (excluding diaryl/α,β-unsaturated/α-hetero) is 1. The molecule has 124 valence electrons. The molecule has 0 saturated carbocycles. The van der Waals surface area contributed by atoms with Gasteiger partial charge in [-0.2, -0.15) is 0 Å². The molecule has 0 aliphatic carbocycles. The molecule has 0 unspecified atom stereocenters. The van der Waals surface area contributed by atoms with Gasteiger partial charge in [0.1, 0.15) is 6.61 Å². The van der Waals surface area contributed by atoms with Gasteiger partial charge in [-0.3, -0.25) is 9.59 Å². The summed E-state index contributed by atoms with van der Waals surface area (Å²) >= 11 is 0. The molecule has 0 rings (SSSR count). The highest BCUT2D eigenvalue weighted by atomic mass is 16.5. The molecule has 0 aliphatic heterocycles. The van der Waals surface area contributed by atoms with Gasteiger partial charge in [0.2, 0.25) is 5.91 Å². The van der Waals surface area contributed by atoms with Gasteiger partial charge in [-0.15, -0.1) is 0 Å². The maximum Gasteiger partial charge on any atom is 0.219 e. The first-order chi connectivity index (χ1) is 9.88. The Morgan fingerprint density at radius 2 is 1.43 bits per heavy atom. The predicted molar refractivity (Wildman–Crippen MR) is 80.2 cm³/mol. The SMILES string of the molecule is CCC(=O)NCCOCCOCCOCC(=O)C(C)(C)C. The molecule has 0 aromatic carbocycles. The van der Waals surface area contributed by atoms with E-state index in [1.165, 1.54) is 0 Å². The lowest BCUT2D eigenvalue weighted by Crippen LogP contribution is -2.27. The summed E-state index contributed by atoms with van der Waals surface area (Å²) in [5.74, 6) is 0.108. The van der Waals surface area contributed by atoms with Gasteiger partial charge in [-0.1, -0.05) is 27.7 Å². The number of ether oxygens (including phenoxy) is 3. The fourth-order valence-electron chi connectivity index (χ4n) is 1.21. The van der Waals surface area contributed by atoms with Gasteiger partial charge >= 0.3 is 0 Å². The zero-order chi connectivity index (χ0) is 16.1. The first-order valence-electron chi connectivity index (χ1n) is 7.41. The van der Waals surface area contributed by atoms with E-state index < -0.39 is 0 Å². The quantitative estimate of drug-likeness (QED) is 0.548. The van der Waals surface area contributed by atoms with Crippen LogP contribution in [0.1, 0.15) is 34.1 Å². The van der Waals surface area contributed by atoms with Crippen molar-refractivity contribution < 1.29 is 23.8 Å². The molecule has 1 amide bonds. The largest absolute Gasteiger partial charge is 0.377 e. The molecule has 0 aromatic rings. The first kappa shape index (κ1) is 20.0. The molecule has 0 spiro atoms. The van der Waals surface area contributed by atoms with E-state index in [1.807, 2.05) is 20.8 Å². The summed E-state index contributed by atoms with van der Waals surface area (Å²) in [6.07, 6.45) is 0.487. The van der Waals surface area contributed by atoms with Crippen molar-refractivity contribution in [2.45, 2.75) is 34.1 Å². The second-order valence-corrected chi connectivity index (χ2v) is 5.65. The third kappa shape index (κ3) is 12.5. The van der Waals surface area contributed by atoms with Crippen molar-refractivity contribution in [2.24, 2.45) is 5.41 Å². The number of rotatable bonds is 12. The number of hydrogen-bond acceptors (Lipinski definition) is 5. The maximum atomic E-state index is 11.6. The Hall–Kier alpha value is -0.980. The van der Waals surface area contributed by atoms with Crippen LogP contribution in [0.25, 0.3) is 0 Å². The van der Waals surface area contributed by atoms with Crippen LogP contribution >= 0.6 is 0 Å². The highest BCUT2D eigenvalue weighted by Crippen LogP contribution is 2.14. The normalized spacial score (nSPS) is 11.4. The summed E-state index contributed by atoms with van der Waals surface area (Å²) in [4.78, 5) is 22.5. The third-order valence-electron chi connectivity index (χ3n) is 2.70. The predicted octanol–water partition coefficient (Wildman–Crippen LogP) is 1.18. The van der Waals surface area contributed by atoms with Crippen LogP contribution in [0.5, 0.6) is 0 Å². The van der Waals surface area contributed by atoms with E-state index in [-0.39, 0.29) is 23.7 Å². The van der Waals surface area contributed by atoms with Crippen molar-refractivity contribution in [3.63, 3.8) is 0 Å². The Morgan fingerprint density at radius 1 is 0.905 bits per heavy atom. The molecule has 0 radical (unpaired) electrons. The van der Waals surface area contributed by atoms with E-state index in [1.54, 1.807) is 6.92 Å². The van der Waals surface area contributed by atoms with Gasteiger partial charge in [0.25, 0.3) is 0 Å². The Kier molecular flexibility index (Phi) is 11.1. The number of carbonyl (C=O) groups excluding carboxylic acids is 2. The zero-order valence-corrected chi connectivity index (χ0v) is 13.7. The van der Waals surface area contributed by atoms with Crippen LogP contribution in [0.2, 0.25) is 0 Å². The van der Waals surface area contributed by atoms with Crippen LogP contribution in [0.15, 0.2) is 0 Å². The molecule has 0 fully saturated rings.